The number of rotatable bonds is 6. The summed E-state index contributed by atoms with van der Waals surface area (Å²) < 4.78 is 0. The smallest absolute Gasteiger partial charge is 0.224 e. The topological polar surface area (TPSA) is 61.4 Å². The van der Waals surface area contributed by atoms with Crippen molar-refractivity contribution < 1.29 is 9.59 Å². The number of carbonyl (C=O) groups is 2. The van der Waals surface area contributed by atoms with Gasteiger partial charge in [-0.25, -0.2) is 0 Å². The molecule has 110 valence electrons. The second-order valence-electron chi connectivity index (χ2n) is 5.08. The first-order valence-electron chi connectivity index (χ1n) is 6.68. The van der Waals surface area contributed by atoms with E-state index in [-0.39, 0.29) is 17.9 Å². The van der Waals surface area contributed by atoms with Gasteiger partial charge in [0.05, 0.1) is 6.42 Å². The highest BCUT2D eigenvalue weighted by atomic mass is 16.2. The van der Waals surface area contributed by atoms with Gasteiger partial charge in [0, 0.05) is 39.3 Å². The normalized spacial score (nSPS) is 11.6. The molecule has 0 aliphatic carbocycles. The Labute approximate surface area is 120 Å². The van der Waals surface area contributed by atoms with Crippen molar-refractivity contribution in [1.82, 2.24) is 10.2 Å². The third-order valence-corrected chi connectivity index (χ3v) is 2.99. The minimum Gasteiger partial charge on any atom is -0.382 e. The van der Waals surface area contributed by atoms with E-state index in [1.54, 1.807) is 26.0 Å². The molecule has 0 aromatic heterocycles. The molecule has 0 unspecified atom stereocenters. The van der Waals surface area contributed by atoms with Gasteiger partial charge in [0.1, 0.15) is 0 Å². The summed E-state index contributed by atoms with van der Waals surface area (Å²) in [6, 6.07) is 7.75. The number of amides is 2. The van der Waals surface area contributed by atoms with Crippen LogP contribution in [0.2, 0.25) is 0 Å². The molecule has 0 saturated heterocycles. The van der Waals surface area contributed by atoms with E-state index in [0.29, 0.717) is 12.8 Å². The van der Waals surface area contributed by atoms with Crippen LogP contribution in [0.15, 0.2) is 24.3 Å². The molecule has 0 fully saturated rings. The van der Waals surface area contributed by atoms with E-state index in [1.165, 1.54) is 0 Å². The Kier molecular flexibility index (Phi) is 6.03. The molecule has 5 nitrogen and oxygen atoms in total. The fourth-order valence-electron chi connectivity index (χ4n) is 1.77. The predicted molar refractivity (Wildman–Crippen MR) is 80.6 cm³/mol. The maximum Gasteiger partial charge on any atom is 0.224 e. The van der Waals surface area contributed by atoms with Crippen molar-refractivity contribution in [2.75, 3.05) is 26.5 Å². The van der Waals surface area contributed by atoms with E-state index in [0.717, 1.165) is 11.3 Å². The largest absolute Gasteiger partial charge is 0.382 e. The lowest BCUT2D eigenvalue weighted by atomic mass is 10.1. The Morgan fingerprint density at radius 2 is 1.80 bits per heavy atom. The van der Waals surface area contributed by atoms with Crippen LogP contribution in [0, 0.1) is 0 Å². The van der Waals surface area contributed by atoms with E-state index in [1.807, 2.05) is 31.2 Å². The molecule has 1 rings (SSSR count). The molecule has 0 saturated carbocycles. The maximum atomic E-state index is 11.6. The van der Waals surface area contributed by atoms with Gasteiger partial charge in [-0.05, 0) is 24.6 Å². The lowest BCUT2D eigenvalue weighted by Gasteiger charge is -2.17. The molecule has 0 bridgehead atoms. The van der Waals surface area contributed by atoms with Crippen molar-refractivity contribution in [3.63, 3.8) is 0 Å². The summed E-state index contributed by atoms with van der Waals surface area (Å²) in [5, 5.41) is 5.87. The third kappa shape index (κ3) is 5.30. The summed E-state index contributed by atoms with van der Waals surface area (Å²) in [4.78, 5) is 24.4. The quantitative estimate of drug-likeness (QED) is 0.823. The van der Waals surface area contributed by atoms with Crippen LogP contribution in [0.25, 0.3) is 0 Å². The second-order valence-corrected chi connectivity index (χ2v) is 5.08. The summed E-state index contributed by atoms with van der Waals surface area (Å²) >= 11 is 0. The Morgan fingerprint density at radius 1 is 1.20 bits per heavy atom. The molecule has 0 radical (unpaired) electrons. The van der Waals surface area contributed by atoms with Gasteiger partial charge in [0.15, 0.2) is 0 Å². The first-order valence-corrected chi connectivity index (χ1v) is 6.68. The van der Waals surface area contributed by atoms with Crippen LogP contribution >= 0.6 is 0 Å². The van der Waals surface area contributed by atoms with Crippen molar-refractivity contribution in [3.05, 3.63) is 29.8 Å². The van der Waals surface area contributed by atoms with E-state index in [2.05, 4.69) is 10.6 Å². The van der Waals surface area contributed by atoms with Crippen LogP contribution < -0.4 is 10.6 Å². The molecular formula is C15H23N3O2. The summed E-state index contributed by atoms with van der Waals surface area (Å²) in [5.74, 6) is 0.0943. The first-order chi connectivity index (χ1) is 9.42. The average molecular weight is 277 g/mol. The summed E-state index contributed by atoms with van der Waals surface area (Å²) in [6.07, 6.45) is 0.832. The van der Waals surface area contributed by atoms with Gasteiger partial charge in [-0.2, -0.15) is 0 Å². The fourth-order valence-corrected chi connectivity index (χ4v) is 1.77. The van der Waals surface area contributed by atoms with E-state index in [4.69, 9.17) is 0 Å². The summed E-state index contributed by atoms with van der Waals surface area (Å²) in [5.41, 5.74) is 1.91. The number of carbonyl (C=O) groups excluding carboxylic acids is 2. The molecule has 0 spiro atoms. The molecule has 1 aromatic carbocycles. The van der Waals surface area contributed by atoms with Gasteiger partial charge in [-0.3, -0.25) is 9.59 Å². The molecule has 2 N–H and O–H groups in total. The van der Waals surface area contributed by atoms with Crippen LogP contribution in [0.4, 0.5) is 5.69 Å². The number of hydrogen-bond acceptors (Lipinski definition) is 3. The molecule has 20 heavy (non-hydrogen) atoms. The number of benzene rings is 1. The number of anilines is 1. The van der Waals surface area contributed by atoms with Gasteiger partial charge < -0.3 is 15.5 Å². The van der Waals surface area contributed by atoms with Gasteiger partial charge >= 0.3 is 0 Å². The number of hydrogen-bond donors (Lipinski definition) is 2. The molecular weight excluding hydrogens is 254 g/mol. The highest BCUT2D eigenvalue weighted by molar-refractivity contribution is 5.78. The SMILES string of the molecule is CNC(=O)Cc1ccc(N[C@H](C)CC(=O)N(C)C)cc1. The molecule has 0 heterocycles. The number of nitrogens with zero attached hydrogens (tertiary/aromatic N) is 1. The lowest BCUT2D eigenvalue weighted by Crippen LogP contribution is -2.28. The zero-order valence-corrected chi connectivity index (χ0v) is 12.6. The molecule has 1 atom stereocenters. The predicted octanol–water partition coefficient (Wildman–Crippen LogP) is 1.25. The summed E-state index contributed by atoms with van der Waals surface area (Å²) in [6.45, 7) is 1.97. The van der Waals surface area contributed by atoms with Crippen molar-refractivity contribution >= 4 is 17.5 Å². The van der Waals surface area contributed by atoms with Gasteiger partial charge in [0.2, 0.25) is 11.8 Å². The molecule has 5 heteroatoms. The molecule has 2 amide bonds. The standard InChI is InChI=1S/C15H23N3O2/c1-11(9-15(20)18(3)4)17-13-7-5-12(6-8-13)10-14(19)16-2/h5-8,11,17H,9-10H2,1-4H3,(H,16,19)/t11-/m1/s1. The number of likely N-dealkylation sites (N-methyl/N-ethyl adjacent to an activating group) is 1. The van der Waals surface area contributed by atoms with Crippen LogP contribution in [0.1, 0.15) is 18.9 Å². The van der Waals surface area contributed by atoms with Gasteiger partial charge in [-0.15, -0.1) is 0 Å². The fraction of sp³-hybridized carbons (Fsp3) is 0.467. The van der Waals surface area contributed by atoms with E-state index < -0.39 is 0 Å². The molecule has 1 aromatic rings. The number of nitrogens with one attached hydrogen (secondary N) is 2. The molecule has 0 aliphatic heterocycles. The Balaban J connectivity index is 2.52. The van der Waals surface area contributed by atoms with E-state index in [9.17, 15) is 9.59 Å². The first kappa shape index (κ1) is 16.0. The minimum absolute atomic E-state index is 0.00402. The van der Waals surface area contributed by atoms with E-state index >= 15 is 0 Å². The van der Waals surface area contributed by atoms with Crippen molar-refractivity contribution in [3.8, 4) is 0 Å². The van der Waals surface area contributed by atoms with Gasteiger partial charge in [0.25, 0.3) is 0 Å². The van der Waals surface area contributed by atoms with Crippen LogP contribution in [-0.2, 0) is 16.0 Å². The van der Waals surface area contributed by atoms with Crippen LogP contribution in [0.5, 0.6) is 0 Å². The van der Waals surface area contributed by atoms with Crippen LogP contribution in [0.3, 0.4) is 0 Å². The highest BCUT2D eigenvalue weighted by Crippen LogP contribution is 2.12. The zero-order chi connectivity index (χ0) is 15.1. The Bertz CT molecular complexity index is 455. The summed E-state index contributed by atoms with van der Waals surface area (Å²) in [7, 11) is 5.13. The minimum atomic E-state index is -0.00402. The van der Waals surface area contributed by atoms with Crippen molar-refractivity contribution in [1.29, 1.82) is 0 Å². The Morgan fingerprint density at radius 3 is 2.30 bits per heavy atom. The zero-order valence-electron chi connectivity index (χ0n) is 12.6. The van der Waals surface area contributed by atoms with Crippen LogP contribution in [-0.4, -0.2) is 43.9 Å². The monoisotopic (exact) mass is 277 g/mol. The lowest BCUT2D eigenvalue weighted by molar-refractivity contribution is -0.128. The third-order valence-electron chi connectivity index (χ3n) is 2.99. The Hall–Kier alpha value is -2.04. The average Bonchev–Trinajstić information content (AvgIpc) is 2.40. The highest BCUT2D eigenvalue weighted by Gasteiger charge is 2.10. The van der Waals surface area contributed by atoms with Crippen molar-refractivity contribution in [2.24, 2.45) is 0 Å². The maximum absolute atomic E-state index is 11.6. The molecule has 0 aliphatic rings. The van der Waals surface area contributed by atoms with Crippen molar-refractivity contribution in [2.45, 2.75) is 25.8 Å². The van der Waals surface area contributed by atoms with Gasteiger partial charge in [-0.1, -0.05) is 12.1 Å². The second kappa shape index (κ2) is 7.53.